The largest absolute Gasteiger partial charge is 0.354 e. The van der Waals surface area contributed by atoms with Crippen molar-refractivity contribution in [2.45, 2.75) is 19.9 Å². The van der Waals surface area contributed by atoms with Crippen LogP contribution in [-0.2, 0) is 4.79 Å². The summed E-state index contributed by atoms with van der Waals surface area (Å²) in [6.45, 7) is 6.33. The maximum Gasteiger partial charge on any atom is 0.276 e. The first-order chi connectivity index (χ1) is 9.97. The Morgan fingerprint density at radius 1 is 1.52 bits per heavy atom. The summed E-state index contributed by atoms with van der Waals surface area (Å²) in [6.07, 6.45) is 1.64. The van der Waals surface area contributed by atoms with E-state index in [-0.39, 0.29) is 30.1 Å². The molecule has 0 saturated carbocycles. The SMILES string of the molecule is CC(C)CNC(=O)CN(C)C(=O)c1cn(C2CNC2)nn1. The number of amides is 2. The van der Waals surface area contributed by atoms with E-state index in [0.29, 0.717) is 12.5 Å². The molecular weight excluding hydrogens is 272 g/mol. The fraction of sp³-hybridized carbons (Fsp3) is 0.692. The molecule has 8 nitrogen and oxygen atoms in total. The van der Waals surface area contributed by atoms with Crippen LogP contribution in [0.15, 0.2) is 6.20 Å². The summed E-state index contributed by atoms with van der Waals surface area (Å²) in [5, 5.41) is 13.8. The van der Waals surface area contributed by atoms with Gasteiger partial charge >= 0.3 is 0 Å². The van der Waals surface area contributed by atoms with Crippen molar-refractivity contribution >= 4 is 11.8 Å². The first-order valence-electron chi connectivity index (χ1n) is 7.12. The third-order valence-electron chi connectivity index (χ3n) is 3.30. The van der Waals surface area contributed by atoms with Gasteiger partial charge in [-0.15, -0.1) is 5.10 Å². The first kappa shape index (κ1) is 15.4. The molecule has 2 heterocycles. The van der Waals surface area contributed by atoms with Gasteiger partial charge in [-0.2, -0.15) is 0 Å². The van der Waals surface area contributed by atoms with E-state index in [0.717, 1.165) is 13.1 Å². The van der Waals surface area contributed by atoms with Crippen molar-refractivity contribution in [2.24, 2.45) is 5.92 Å². The zero-order valence-corrected chi connectivity index (χ0v) is 12.7. The highest BCUT2D eigenvalue weighted by Gasteiger charge is 2.23. The Kier molecular flexibility index (Phi) is 4.89. The third kappa shape index (κ3) is 4.01. The second-order valence-electron chi connectivity index (χ2n) is 5.76. The lowest BCUT2D eigenvalue weighted by Crippen LogP contribution is -2.43. The summed E-state index contributed by atoms with van der Waals surface area (Å²) < 4.78 is 1.69. The predicted molar refractivity (Wildman–Crippen MR) is 76.7 cm³/mol. The van der Waals surface area contributed by atoms with Gasteiger partial charge in [-0.3, -0.25) is 9.59 Å². The highest BCUT2D eigenvalue weighted by atomic mass is 16.2. The number of aromatic nitrogens is 3. The van der Waals surface area contributed by atoms with Crippen molar-refractivity contribution in [2.75, 3.05) is 33.2 Å². The number of rotatable bonds is 6. The van der Waals surface area contributed by atoms with Crippen molar-refractivity contribution in [1.82, 2.24) is 30.5 Å². The van der Waals surface area contributed by atoms with E-state index < -0.39 is 0 Å². The fourth-order valence-electron chi connectivity index (χ4n) is 1.87. The molecule has 2 N–H and O–H groups in total. The zero-order valence-electron chi connectivity index (χ0n) is 12.7. The summed E-state index contributed by atoms with van der Waals surface area (Å²) in [4.78, 5) is 25.2. The van der Waals surface area contributed by atoms with Crippen molar-refractivity contribution < 1.29 is 9.59 Å². The number of nitrogens with one attached hydrogen (secondary N) is 2. The van der Waals surface area contributed by atoms with E-state index >= 15 is 0 Å². The lowest BCUT2D eigenvalue weighted by Gasteiger charge is -2.26. The quantitative estimate of drug-likeness (QED) is 0.721. The maximum atomic E-state index is 12.2. The van der Waals surface area contributed by atoms with Gasteiger partial charge < -0.3 is 15.5 Å². The second kappa shape index (κ2) is 6.66. The van der Waals surface area contributed by atoms with Gasteiger partial charge in [0, 0.05) is 26.7 Å². The minimum atomic E-state index is -0.298. The number of carbonyl (C=O) groups is 2. The van der Waals surface area contributed by atoms with Crippen molar-refractivity contribution in [1.29, 1.82) is 0 Å². The van der Waals surface area contributed by atoms with Gasteiger partial charge in [0.25, 0.3) is 5.91 Å². The van der Waals surface area contributed by atoms with Crippen LogP contribution in [0.2, 0.25) is 0 Å². The van der Waals surface area contributed by atoms with Crippen LogP contribution in [-0.4, -0.2) is 64.9 Å². The monoisotopic (exact) mass is 294 g/mol. The fourth-order valence-corrected chi connectivity index (χ4v) is 1.87. The van der Waals surface area contributed by atoms with E-state index in [1.807, 2.05) is 13.8 Å². The van der Waals surface area contributed by atoms with Crippen LogP contribution in [0.5, 0.6) is 0 Å². The van der Waals surface area contributed by atoms with E-state index in [4.69, 9.17) is 0 Å². The lowest BCUT2D eigenvalue weighted by molar-refractivity contribution is -0.121. The molecule has 21 heavy (non-hydrogen) atoms. The summed E-state index contributed by atoms with van der Waals surface area (Å²) in [5.74, 6) is -0.0886. The molecule has 0 spiro atoms. The normalized spacial score (nSPS) is 14.9. The van der Waals surface area contributed by atoms with Crippen LogP contribution in [0, 0.1) is 5.92 Å². The molecule has 8 heteroatoms. The molecule has 1 aliphatic heterocycles. The summed E-state index contributed by atoms with van der Waals surface area (Å²) in [6, 6.07) is 0.263. The van der Waals surface area contributed by atoms with Crippen LogP contribution in [0.4, 0.5) is 0 Å². The molecule has 0 atom stereocenters. The van der Waals surface area contributed by atoms with Gasteiger partial charge in [-0.25, -0.2) is 4.68 Å². The van der Waals surface area contributed by atoms with Crippen LogP contribution >= 0.6 is 0 Å². The Hall–Kier alpha value is -1.96. The highest BCUT2D eigenvalue weighted by Crippen LogP contribution is 2.10. The lowest BCUT2D eigenvalue weighted by atomic mass is 10.2. The number of carbonyl (C=O) groups excluding carboxylic acids is 2. The van der Waals surface area contributed by atoms with Crippen LogP contribution in [0.25, 0.3) is 0 Å². The molecular formula is C13H22N6O2. The molecule has 2 amide bonds. The van der Waals surface area contributed by atoms with Gasteiger partial charge in [-0.1, -0.05) is 19.1 Å². The van der Waals surface area contributed by atoms with Gasteiger partial charge in [0.1, 0.15) is 0 Å². The average Bonchev–Trinajstić information content (AvgIpc) is 2.82. The zero-order chi connectivity index (χ0) is 15.4. The number of hydrogen-bond acceptors (Lipinski definition) is 5. The summed E-state index contributed by atoms with van der Waals surface area (Å²) >= 11 is 0. The summed E-state index contributed by atoms with van der Waals surface area (Å²) in [7, 11) is 1.58. The number of hydrogen-bond donors (Lipinski definition) is 2. The standard InChI is InChI=1S/C13H22N6O2/c1-9(2)4-15-12(20)8-18(3)13(21)11-7-19(17-16-11)10-5-14-6-10/h7,9-10,14H,4-6,8H2,1-3H3,(H,15,20). The molecule has 1 aliphatic rings. The van der Waals surface area contributed by atoms with Gasteiger partial charge in [-0.05, 0) is 5.92 Å². The Morgan fingerprint density at radius 2 is 2.24 bits per heavy atom. The predicted octanol–water partition coefficient (Wildman–Crippen LogP) is -0.733. The van der Waals surface area contributed by atoms with Crippen LogP contribution < -0.4 is 10.6 Å². The molecule has 1 saturated heterocycles. The minimum Gasteiger partial charge on any atom is -0.354 e. The van der Waals surface area contributed by atoms with E-state index in [1.54, 1.807) is 17.9 Å². The van der Waals surface area contributed by atoms with Crippen molar-refractivity contribution in [3.63, 3.8) is 0 Å². The Labute approximate surface area is 123 Å². The molecule has 0 radical (unpaired) electrons. The molecule has 1 aromatic rings. The van der Waals surface area contributed by atoms with Gasteiger partial charge in [0.15, 0.2) is 5.69 Å². The summed E-state index contributed by atoms with van der Waals surface area (Å²) in [5.41, 5.74) is 0.265. The number of nitrogens with zero attached hydrogens (tertiary/aromatic N) is 4. The average molecular weight is 294 g/mol. The van der Waals surface area contributed by atoms with Gasteiger partial charge in [0.2, 0.25) is 5.91 Å². The highest BCUT2D eigenvalue weighted by molar-refractivity contribution is 5.94. The first-order valence-corrected chi connectivity index (χ1v) is 7.12. The topological polar surface area (TPSA) is 92.2 Å². The smallest absolute Gasteiger partial charge is 0.276 e. The molecule has 116 valence electrons. The maximum absolute atomic E-state index is 12.2. The molecule has 0 aromatic carbocycles. The van der Waals surface area contributed by atoms with E-state index in [9.17, 15) is 9.59 Å². The van der Waals surface area contributed by atoms with E-state index in [2.05, 4.69) is 20.9 Å². The second-order valence-corrected chi connectivity index (χ2v) is 5.76. The van der Waals surface area contributed by atoms with Crippen LogP contribution in [0.1, 0.15) is 30.4 Å². The van der Waals surface area contributed by atoms with Crippen molar-refractivity contribution in [3.8, 4) is 0 Å². The molecule has 1 aromatic heterocycles. The minimum absolute atomic E-state index is 0.0173. The van der Waals surface area contributed by atoms with Gasteiger partial charge in [0.05, 0.1) is 18.8 Å². The van der Waals surface area contributed by atoms with Crippen molar-refractivity contribution in [3.05, 3.63) is 11.9 Å². The van der Waals surface area contributed by atoms with Crippen LogP contribution in [0.3, 0.4) is 0 Å². The Balaban J connectivity index is 1.86. The molecule has 0 unspecified atom stereocenters. The molecule has 1 fully saturated rings. The third-order valence-corrected chi connectivity index (χ3v) is 3.30. The molecule has 0 aliphatic carbocycles. The Morgan fingerprint density at radius 3 is 2.81 bits per heavy atom. The Bertz CT molecular complexity index is 509. The number of likely N-dealkylation sites (N-methyl/N-ethyl adjacent to an activating group) is 1. The van der Waals surface area contributed by atoms with E-state index in [1.165, 1.54) is 4.90 Å². The molecule has 0 bridgehead atoms. The molecule has 2 rings (SSSR count).